The number of nitrogens with one attached hydrogen (secondary N) is 2. The molecule has 5 fully saturated rings. The maximum atomic E-state index is 10.5. The Balaban J connectivity index is 0.995. The molecule has 3 N–H and O–H groups in total. The summed E-state index contributed by atoms with van der Waals surface area (Å²) in [7, 11) is 0. The van der Waals surface area contributed by atoms with Gasteiger partial charge in [-0.3, -0.25) is 4.90 Å². The number of piperazine rings is 1. The minimum Gasteiger partial charge on any atom is -0.385 e. The number of anilines is 1. The fourth-order valence-corrected chi connectivity index (χ4v) is 7.34. The number of H-pyrrole nitrogens is 1. The summed E-state index contributed by atoms with van der Waals surface area (Å²) in [5, 5.41) is 10.5. The van der Waals surface area contributed by atoms with Crippen LogP contribution in [-0.2, 0) is 4.74 Å². The quantitative estimate of drug-likeness (QED) is 0.644. The molecule has 0 unspecified atom stereocenters. The number of hydrogen-bond acceptors (Lipinski definition) is 3. The monoisotopic (exact) mass is 401 g/mol. The van der Waals surface area contributed by atoms with Gasteiger partial charge in [0.15, 0.2) is 0 Å². The van der Waals surface area contributed by atoms with Crippen LogP contribution in [0.15, 0.2) is 24.4 Å². The molecule has 4 saturated carbocycles. The predicted octanol–water partition coefficient (Wildman–Crippen LogP) is 1.19. The van der Waals surface area contributed by atoms with Crippen LogP contribution in [-0.4, -0.2) is 57.1 Å². The van der Waals surface area contributed by atoms with Gasteiger partial charge >= 0.3 is 0 Å². The van der Waals surface area contributed by atoms with Crippen LogP contribution in [0.2, 0.25) is 0 Å². The molecule has 1 aliphatic heterocycles. The third-order valence-corrected chi connectivity index (χ3v) is 8.28. The summed E-state index contributed by atoms with van der Waals surface area (Å²) in [5.74, 6) is 4.24. The summed E-state index contributed by atoms with van der Waals surface area (Å²) in [4.78, 5) is 7.22. The molecule has 0 amide bonds. The molecule has 1 saturated heterocycles. The zero-order valence-electron chi connectivity index (χ0n) is 17.8. The fraction of sp³-hybridized carbons (Fsp3) is 0.792. The van der Waals surface area contributed by atoms with Crippen molar-refractivity contribution < 1.29 is 19.7 Å². The van der Waals surface area contributed by atoms with E-state index in [-0.39, 0.29) is 6.10 Å². The normalized spacial score (nSPS) is 35.2. The number of nitrogens with zero attached hydrogens (tertiary/aromatic N) is 1. The third-order valence-electron chi connectivity index (χ3n) is 8.28. The Hall–Kier alpha value is -1.17. The second-order valence-corrected chi connectivity index (χ2v) is 10.6. The fourth-order valence-electron chi connectivity index (χ4n) is 7.34. The number of hydrogen-bond donors (Lipinski definition) is 2. The van der Waals surface area contributed by atoms with E-state index < -0.39 is 0 Å². The highest BCUT2D eigenvalue weighted by Crippen LogP contribution is 2.61. The van der Waals surface area contributed by atoms with E-state index in [1.807, 2.05) is 12.3 Å². The summed E-state index contributed by atoms with van der Waals surface area (Å²) >= 11 is 0. The molecule has 5 aliphatic rings. The van der Waals surface area contributed by atoms with Gasteiger partial charge in [-0.25, -0.2) is 4.98 Å². The van der Waals surface area contributed by atoms with Crippen LogP contribution in [0.1, 0.15) is 44.9 Å². The number of aliphatic hydroxyl groups excluding tert-OH is 1. The molecular weight excluding hydrogens is 362 g/mol. The number of aliphatic hydroxyl groups is 1. The van der Waals surface area contributed by atoms with E-state index >= 15 is 0 Å². The highest BCUT2D eigenvalue weighted by molar-refractivity contribution is 5.31. The van der Waals surface area contributed by atoms with Crippen molar-refractivity contribution in [1.29, 1.82) is 0 Å². The lowest BCUT2D eigenvalue weighted by Gasteiger charge is -2.57. The van der Waals surface area contributed by atoms with Gasteiger partial charge in [-0.05, 0) is 74.2 Å². The van der Waals surface area contributed by atoms with E-state index in [0.29, 0.717) is 12.0 Å². The number of quaternary nitrogens is 1. The number of aromatic amines is 1. The highest BCUT2D eigenvalue weighted by Gasteiger charge is 2.50. The SMILES string of the molecule is O[C@@H](COCCC12CC3CC(CC(C3)C1)C2)C[NH+]1CCN(c2cccc[nH+]2)CC1. The van der Waals surface area contributed by atoms with Gasteiger partial charge in [0.05, 0.1) is 12.8 Å². The molecule has 0 aromatic carbocycles. The van der Waals surface area contributed by atoms with Gasteiger partial charge in [0, 0.05) is 12.7 Å². The van der Waals surface area contributed by atoms with Crippen molar-refractivity contribution in [2.24, 2.45) is 23.2 Å². The minimum absolute atomic E-state index is 0.337. The van der Waals surface area contributed by atoms with Crippen LogP contribution in [0.4, 0.5) is 5.82 Å². The number of ether oxygens (including phenoxy) is 1. The molecule has 0 radical (unpaired) electrons. The molecule has 29 heavy (non-hydrogen) atoms. The second-order valence-electron chi connectivity index (χ2n) is 10.6. The molecule has 5 nitrogen and oxygen atoms in total. The molecule has 0 spiro atoms. The first-order chi connectivity index (χ1) is 14.2. The van der Waals surface area contributed by atoms with Crippen molar-refractivity contribution in [2.75, 3.05) is 50.8 Å². The maximum absolute atomic E-state index is 10.5. The molecule has 1 atom stereocenters. The highest BCUT2D eigenvalue weighted by atomic mass is 16.5. The van der Waals surface area contributed by atoms with E-state index in [0.717, 1.165) is 57.1 Å². The number of rotatable bonds is 8. The van der Waals surface area contributed by atoms with Crippen molar-refractivity contribution >= 4 is 5.82 Å². The first-order valence-electron chi connectivity index (χ1n) is 12.0. The van der Waals surface area contributed by atoms with Crippen LogP contribution in [0.5, 0.6) is 0 Å². The van der Waals surface area contributed by atoms with Crippen LogP contribution in [0.25, 0.3) is 0 Å². The van der Waals surface area contributed by atoms with Crippen molar-refractivity contribution in [3.8, 4) is 0 Å². The lowest BCUT2D eigenvalue weighted by molar-refractivity contribution is -0.903. The summed E-state index contributed by atoms with van der Waals surface area (Å²) in [5.41, 5.74) is 0.593. The Morgan fingerprint density at radius 2 is 1.79 bits per heavy atom. The summed E-state index contributed by atoms with van der Waals surface area (Å²) in [6.07, 6.45) is 11.8. The molecular formula is C24H39N3O2+2. The molecule has 2 heterocycles. The molecule has 6 rings (SSSR count). The van der Waals surface area contributed by atoms with Crippen molar-refractivity contribution in [3.63, 3.8) is 0 Å². The van der Waals surface area contributed by atoms with Crippen molar-refractivity contribution in [1.82, 2.24) is 0 Å². The number of pyridine rings is 1. The van der Waals surface area contributed by atoms with Gasteiger partial charge in [0.1, 0.15) is 38.8 Å². The topological polar surface area (TPSA) is 51.3 Å². The Morgan fingerprint density at radius 3 is 2.41 bits per heavy atom. The van der Waals surface area contributed by atoms with Gasteiger partial charge in [-0.1, -0.05) is 6.07 Å². The maximum Gasteiger partial charge on any atom is 0.274 e. The summed E-state index contributed by atoms with van der Waals surface area (Å²) in [6.45, 7) is 6.39. The number of aromatic nitrogens is 1. The molecule has 1 aromatic rings. The van der Waals surface area contributed by atoms with Crippen LogP contribution in [0.3, 0.4) is 0 Å². The predicted molar refractivity (Wildman–Crippen MR) is 113 cm³/mol. The van der Waals surface area contributed by atoms with Crippen molar-refractivity contribution in [3.05, 3.63) is 24.4 Å². The van der Waals surface area contributed by atoms with E-state index in [1.54, 1.807) is 0 Å². The molecule has 160 valence electrons. The first-order valence-corrected chi connectivity index (χ1v) is 12.0. The Kier molecular flexibility index (Phi) is 5.81. The second kappa shape index (κ2) is 8.52. The smallest absolute Gasteiger partial charge is 0.274 e. The average molecular weight is 402 g/mol. The minimum atomic E-state index is -0.337. The Bertz CT molecular complexity index is 624. The Morgan fingerprint density at radius 1 is 1.10 bits per heavy atom. The van der Waals surface area contributed by atoms with E-state index in [4.69, 9.17) is 4.74 Å². The lowest BCUT2D eigenvalue weighted by atomic mass is 9.49. The van der Waals surface area contributed by atoms with Gasteiger partial charge < -0.3 is 14.7 Å². The van der Waals surface area contributed by atoms with Crippen LogP contribution < -0.4 is 14.8 Å². The van der Waals surface area contributed by atoms with Crippen LogP contribution >= 0.6 is 0 Å². The zero-order chi connectivity index (χ0) is 19.7. The van der Waals surface area contributed by atoms with Gasteiger partial charge in [0.25, 0.3) is 5.82 Å². The zero-order valence-corrected chi connectivity index (χ0v) is 17.8. The molecule has 4 bridgehead atoms. The van der Waals surface area contributed by atoms with Gasteiger partial charge in [-0.2, -0.15) is 0 Å². The van der Waals surface area contributed by atoms with Crippen LogP contribution in [0, 0.1) is 23.2 Å². The van der Waals surface area contributed by atoms with Gasteiger partial charge in [-0.15, -0.1) is 0 Å². The van der Waals surface area contributed by atoms with Gasteiger partial charge in [0.2, 0.25) is 0 Å². The van der Waals surface area contributed by atoms with E-state index in [1.165, 1.54) is 55.7 Å². The Labute approximate surface area is 175 Å². The largest absolute Gasteiger partial charge is 0.385 e. The first kappa shape index (κ1) is 19.8. The summed E-state index contributed by atoms with van der Waals surface area (Å²) in [6, 6.07) is 6.23. The molecule has 5 heteroatoms. The van der Waals surface area contributed by atoms with Crippen molar-refractivity contribution in [2.45, 2.75) is 51.0 Å². The molecule has 4 aliphatic carbocycles. The molecule has 1 aromatic heterocycles. The summed E-state index contributed by atoms with van der Waals surface area (Å²) < 4.78 is 5.99. The van der Waals surface area contributed by atoms with E-state index in [9.17, 15) is 5.11 Å². The average Bonchev–Trinajstić information content (AvgIpc) is 2.71. The third kappa shape index (κ3) is 4.62. The van der Waals surface area contributed by atoms with E-state index in [2.05, 4.69) is 22.0 Å². The lowest BCUT2D eigenvalue weighted by Crippen LogP contribution is -3.16. The standard InChI is InChI=1S/C24H37N3O2/c28-22(17-26-6-8-27(9-7-26)23-3-1-2-5-25-23)18-29-10-4-24-14-19-11-20(15-24)13-21(12-19)16-24/h1-3,5,19-22,28H,4,6-18H2/p+2/t19?,20?,21?,22-,24?/m1/s1.